The molecule has 0 aromatic heterocycles. The molecule has 7 rings (SSSR count). The smallest absolute Gasteiger partial charge is 0.404 e. The van der Waals surface area contributed by atoms with Crippen LogP contribution in [0.15, 0.2) is 52.9 Å². The number of nitrogens with zero attached hydrogens (tertiary/aromatic N) is 3. The molecule has 6 aliphatic rings. The molecule has 14 nitrogen and oxygen atoms in total. The lowest BCUT2D eigenvalue weighted by Crippen LogP contribution is -2.71. The van der Waals surface area contributed by atoms with Crippen LogP contribution in [-0.2, 0) is 39.9 Å². The van der Waals surface area contributed by atoms with Crippen molar-refractivity contribution >= 4 is 47.1 Å². The van der Waals surface area contributed by atoms with Gasteiger partial charge in [0.1, 0.15) is 30.1 Å². The average molecular weight is 651 g/mol. The lowest BCUT2D eigenvalue weighted by atomic mass is 9.82. The van der Waals surface area contributed by atoms with Gasteiger partial charge in [-0.15, -0.1) is 11.8 Å². The summed E-state index contributed by atoms with van der Waals surface area (Å²) in [5, 5.41) is 2.43. The summed E-state index contributed by atoms with van der Waals surface area (Å²) < 4.78 is 10.6. The van der Waals surface area contributed by atoms with E-state index in [1.165, 1.54) is 25.8 Å². The van der Waals surface area contributed by atoms with E-state index in [4.69, 9.17) is 20.9 Å². The van der Waals surface area contributed by atoms with Gasteiger partial charge in [-0.25, -0.2) is 4.79 Å². The van der Waals surface area contributed by atoms with Crippen molar-refractivity contribution in [1.29, 1.82) is 0 Å². The number of thioether (sulfide) groups is 1. The van der Waals surface area contributed by atoms with Gasteiger partial charge in [-0.2, -0.15) is 0 Å². The molecule has 46 heavy (non-hydrogen) atoms. The Morgan fingerprint density at radius 1 is 1.11 bits per heavy atom. The number of nitrogens with two attached hydrogens (primary N) is 2. The van der Waals surface area contributed by atoms with Crippen molar-refractivity contribution in [3.63, 3.8) is 0 Å². The van der Waals surface area contributed by atoms with E-state index in [2.05, 4.69) is 5.32 Å². The van der Waals surface area contributed by atoms with Gasteiger partial charge in [-0.1, -0.05) is 30.3 Å². The van der Waals surface area contributed by atoms with Crippen LogP contribution in [0.5, 0.6) is 0 Å². The number of nitrogens with one attached hydrogen (secondary N) is 1. The molecule has 0 saturated carbocycles. The highest BCUT2D eigenvalue weighted by Crippen LogP contribution is 2.61. The van der Waals surface area contributed by atoms with Crippen molar-refractivity contribution in [3.05, 3.63) is 58.4 Å². The number of hydrogen-bond donors (Lipinski definition) is 3. The first-order valence-electron chi connectivity index (χ1n) is 15.0. The van der Waals surface area contributed by atoms with Gasteiger partial charge in [0, 0.05) is 29.5 Å². The molecule has 1 aromatic rings. The molecule has 4 fully saturated rings. The third-order valence-electron chi connectivity index (χ3n) is 10.1. The third-order valence-corrected chi connectivity index (χ3v) is 11.7. The quantitative estimate of drug-likeness (QED) is 0.193. The second-order valence-electron chi connectivity index (χ2n) is 12.9. The number of hydrogen-bond acceptors (Lipinski definition) is 11. The minimum Gasteiger partial charge on any atom is -0.449 e. The molecule has 15 heteroatoms. The van der Waals surface area contributed by atoms with Crippen LogP contribution in [0.25, 0.3) is 0 Å². The van der Waals surface area contributed by atoms with Crippen molar-refractivity contribution in [2.24, 2.45) is 17.4 Å². The molecule has 7 atom stereocenters. The number of amides is 4. The van der Waals surface area contributed by atoms with Crippen molar-refractivity contribution in [1.82, 2.24) is 20.0 Å². The van der Waals surface area contributed by atoms with Gasteiger partial charge < -0.3 is 41.0 Å². The second kappa shape index (κ2) is 10.1. The zero-order valence-electron chi connectivity index (χ0n) is 25.6. The van der Waals surface area contributed by atoms with Crippen molar-refractivity contribution in [3.8, 4) is 0 Å². The summed E-state index contributed by atoms with van der Waals surface area (Å²) in [6.07, 6.45) is -0.943. The average Bonchev–Trinajstić information content (AvgIpc) is 3.40. The van der Waals surface area contributed by atoms with Crippen LogP contribution in [-0.4, -0.2) is 110 Å². The fraction of sp³-hybridized carbons (Fsp3) is 0.484. The van der Waals surface area contributed by atoms with E-state index in [1.807, 2.05) is 44.2 Å². The highest BCUT2D eigenvalue weighted by molar-refractivity contribution is 8.01. The van der Waals surface area contributed by atoms with Crippen LogP contribution >= 0.6 is 11.8 Å². The highest BCUT2D eigenvalue weighted by atomic mass is 32.2. The van der Waals surface area contributed by atoms with Gasteiger partial charge in [0.2, 0.25) is 29.3 Å². The fourth-order valence-electron chi connectivity index (χ4n) is 8.07. The van der Waals surface area contributed by atoms with Gasteiger partial charge in [0.25, 0.3) is 0 Å². The van der Waals surface area contributed by atoms with Gasteiger partial charge >= 0.3 is 6.09 Å². The number of β-lactam (4-membered cyclic amide) rings is 1. The van der Waals surface area contributed by atoms with E-state index in [1.54, 1.807) is 14.7 Å². The van der Waals surface area contributed by atoms with E-state index in [-0.39, 0.29) is 59.8 Å². The monoisotopic (exact) mass is 650 g/mol. The second-order valence-corrected chi connectivity index (χ2v) is 14.7. The minimum absolute atomic E-state index is 0.0674. The Kier molecular flexibility index (Phi) is 6.63. The summed E-state index contributed by atoms with van der Waals surface area (Å²) in [5.74, 6) is -2.89. The van der Waals surface area contributed by atoms with E-state index in [0.29, 0.717) is 0 Å². The molecule has 5 aliphatic heterocycles. The largest absolute Gasteiger partial charge is 0.449 e. The van der Waals surface area contributed by atoms with Gasteiger partial charge in [0.15, 0.2) is 5.72 Å². The topological polar surface area (TPSA) is 194 Å². The van der Waals surface area contributed by atoms with E-state index >= 15 is 0 Å². The first-order chi connectivity index (χ1) is 21.8. The molecule has 4 saturated heterocycles. The number of ketones is 2. The van der Waals surface area contributed by atoms with E-state index in [0.717, 1.165) is 5.56 Å². The highest BCUT2D eigenvalue weighted by Gasteiger charge is 2.79. The maximum atomic E-state index is 14.4. The lowest BCUT2D eigenvalue weighted by molar-refractivity contribution is -0.163. The van der Waals surface area contributed by atoms with Crippen molar-refractivity contribution in [2.45, 2.75) is 67.2 Å². The summed E-state index contributed by atoms with van der Waals surface area (Å²) in [7, 11) is 1.41. The maximum Gasteiger partial charge on any atom is 0.404 e. The SMILES string of the molecule is CO[C@@]12[C@H](COC(N)=O)C3=C(C(=O)C(C)=C(N)C3=O)N1C[C@H]1[C@@H]2N1C(=O)C1N2C(=O)[C@@H](NC(=O)Cc3ccccc3)[C@H]2SC1(C)C. The predicted octanol–water partition coefficient (Wildman–Crippen LogP) is -0.622. The Balaban J connectivity index is 1.13. The van der Waals surface area contributed by atoms with Crippen molar-refractivity contribution in [2.75, 3.05) is 20.3 Å². The maximum absolute atomic E-state index is 14.4. The molecule has 242 valence electrons. The first-order valence-corrected chi connectivity index (χ1v) is 15.8. The molecule has 0 bridgehead atoms. The summed E-state index contributed by atoms with van der Waals surface area (Å²) in [6.45, 7) is 5.06. The zero-order chi connectivity index (χ0) is 33.0. The Morgan fingerprint density at radius 3 is 2.46 bits per heavy atom. The number of allylic oxidation sites excluding steroid dienone is 2. The minimum atomic E-state index is -1.42. The Morgan fingerprint density at radius 2 is 1.80 bits per heavy atom. The van der Waals surface area contributed by atoms with E-state index < -0.39 is 63.6 Å². The summed E-state index contributed by atoms with van der Waals surface area (Å²) in [4.78, 5) is 84.1. The molecular weight excluding hydrogens is 616 g/mol. The van der Waals surface area contributed by atoms with Crippen molar-refractivity contribution < 1.29 is 38.2 Å². The Bertz CT molecular complexity index is 1690. The van der Waals surface area contributed by atoms with Crippen LogP contribution in [0, 0.1) is 5.92 Å². The predicted molar refractivity (Wildman–Crippen MR) is 162 cm³/mol. The number of Topliss-reactive ketones (excluding diaryl/α,β-unsaturated/α-hetero) is 2. The van der Waals surface area contributed by atoms with Crippen LogP contribution < -0.4 is 16.8 Å². The molecule has 1 unspecified atom stereocenters. The van der Waals surface area contributed by atoms with Crippen LogP contribution in [0.1, 0.15) is 26.3 Å². The molecule has 1 aliphatic carbocycles. The number of primary amides is 1. The number of methoxy groups -OCH3 is 1. The zero-order valence-corrected chi connectivity index (χ0v) is 26.5. The number of ether oxygens (including phenoxy) is 2. The molecular formula is C31H34N6O8S. The van der Waals surface area contributed by atoms with Crippen LogP contribution in [0.3, 0.4) is 0 Å². The number of rotatable bonds is 7. The fourth-order valence-corrected chi connectivity index (χ4v) is 9.70. The Hall–Kier alpha value is -4.37. The number of carbonyl (C=O) groups excluding carboxylic acids is 6. The van der Waals surface area contributed by atoms with Gasteiger partial charge in [-0.3, -0.25) is 24.0 Å². The number of piperazine rings is 1. The van der Waals surface area contributed by atoms with Gasteiger partial charge in [0.05, 0.1) is 29.8 Å². The summed E-state index contributed by atoms with van der Waals surface area (Å²) >= 11 is 1.45. The molecule has 0 spiro atoms. The number of carbonyl (C=O) groups is 6. The van der Waals surface area contributed by atoms with Gasteiger partial charge in [-0.05, 0) is 26.3 Å². The van der Waals surface area contributed by atoms with Crippen LogP contribution in [0.2, 0.25) is 0 Å². The summed E-state index contributed by atoms with van der Waals surface area (Å²) in [6, 6.07) is 6.59. The molecule has 1 aromatic carbocycles. The van der Waals surface area contributed by atoms with E-state index in [9.17, 15) is 28.8 Å². The molecule has 5 N–H and O–H groups in total. The molecule has 5 heterocycles. The number of benzene rings is 1. The third kappa shape index (κ3) is 3.93. The first kappa shape index (κ1) is 30.3. The lowest BCUT2D eigenvalue weighted by Gasteiger charge is -2.45. The standard InChI is InChI=1S/C31H34N6O8S/c1-13-19(32)23(40)18-15(12-45-29(33)43)31(44-4)24-16(11-35(31)21(18)22(13)39)36(24)27(42)25-30(2,3)46-28-20(26(41)37(25)28)34-17(38)10-14-8-6-5-7-9-14/h5-9,15-16,20,24-25,28H,10-12,32H2,1-4H3,(H2,33,43)(H,34,38)/t15-,16+,20-,24+,25?,28-,31-,36?/m1/s1. The normalized spacial score (nSPS) is 33.4. The number of fused-ring (bicyclic) bond motifs is 5. The molecule has 4 amide bonds. The Labute approximate surface area is 268 Å². The summed E-state index contributed by atoms with van der Waals surface area (Å²) in [5.41, 5.74) is 10.8. The molecule has 0 radical (unpaired) electrons. The van der Waals surface area contributed by atoms with Crippen LogP contribution in [0.4, 0.5) is 4.79 Å².